The first kappa shape index (κ1) is 36.3. The highest BCUT2D eigenvalue weighted by molar-refractivity contribution is 5.88. The van der Waals surface area contributed by atoms with Crippen molar-refractivity contribution >= 4 is 17.5 Å². The molecule has 5 aliphatic heterocycles. The summed E-state index contributed by atoms with van der Waals surface area (Å²) in [5.74, 6) is 3.44. The van der Waals surface area contributed by atoms with Gasteiger partial charge in [-0.1, -0.05) is 58.0 Å². The quantitative estimate of drug-likeness (QED) is 0.151. The minimum atomic E-state index is -0.724. The molecule has 6 N–H and O–H groups in total. The van der Waals surface area contributed by atoms with Crippen molar-refractivity contribution in [2.45, 2.75) is 84.1 Å². The number of hydrogen-bond acceptors (Lipinski definition) is 9. The third kappa shape index (κ3) is 6.28. The number of rotatable bonds is 9. The van der Waals surface area contributed by atoms with E-state index in [0.717, 1.165) is 87.0 Å². The van der Waals surface area contributed by atoms with Crippen LogP contribution < -0.4 is 31.2 Å². The molecule has 2 amide bonds. The van der Waals surface area contributed by atoms with Crippen LogP contribution in [0.1, 0.15) is 80.7 Å². The molecule has 5 aliphatic rings. The Morgan fingerprint density at radius 2 is 1.55 bits per heavy atom. The van der Waals surface area contributed by atoms with Gasteiger partial charge in [0.05, 0.1) is 35.7 Å². The normalized spacial score (nSPS) is 24.5. The molecule has 0 bridgehead atoms. The van der Waals surface area contributed by atoms with Crippen LogP contribution in [-0.2, 0) is 22.8 Å². The van der Waals surface area contributed by atoms with Crippen molar-refractivity contribution in [2.75, 3.05) is 20.1 Å². The van der Waals surface area contributed by atoms with Crippen molar-refractivity contribution in [1.82, 2.24) is 35.7 Å². The van der Waals surface area contributed by atoms with E-state index in [4.69, 9.17) is 20.2 Å². The van der Waals surface area contributed by atoms with Crippen molar-refractivity contribution in [3.63, 3.8) is 0 Å². The summed E-state index contributed by atoms with van der Waals surface area (Å²) < 4.78 is 13.0. The maximum absolute atomic E-state index is 13.7. The summed E-state index contributed by atoms with van der Waals surface area (Å²) >= 11 is 0. The maximum atomic E-state index is 13.7. The lowest BCUT2D eigenvalue weighted by Crippen LogP contribution is -2.56. The Hall–Kier alpha value is -5.33. The van der Waals surface area contributed by atoms with Gasteiger partial charge in [-0.3, -0.25) is 9.59 Å². The van der Waals surface area contributed by atoms with Gasteiger partial charge in [0.2, 0.25) is 11.8 Å². The largest absolute Gasteiger partial charge is 0.488 e. The number of aromatic amines is 1. The molecule has 1 unspecified atom stereocenters. The number of carbonyl (C=O) groups is 2. The number of ether oxygens (including phenoxy) is 2. The summed E-state index contributed by atoms with van der Waals surface area (Å²) in [6.45, 7) is 10.8. The van der Waals surface area contributed by atoms with Gasteiger partial charge in [-0.25, -0.2) is 4.98 Å². The fraction of sp³-hybridized carbons (Fsp3) is 0.432. The molecule has 292 valence electrons. The average molecular weight is 757 g/mol. The number of aromatic nitrogens is 2. The van der Waals surface area contributed by atoms with E-state index in [0.29, 0.717) is 31.6 Å². The SMILES string of the molecule is CN[C@H](C(=O)N1C[C@@H](C)C[C@H]1C1NC=C(c2cc3c4c(c2)OCc2cc(-c5cnc([C@@H]6C[C@H](C)CN6C(=O)[C@H](N)c6ccccc6)[nH]5)cc(c2-4)OC3)N1)C(C)C. The molecular weight excluding hydrogens is 705 g/mol. The number of likely N-dealkylation sites (N-methyl/N-ethyl adjacent to an activating group) is 1. The van der Waals surface area contributed by atoms with Crippen LogP contribution in [0.15, 0.2) is 67.0 Å². The van der Waals surface area contributed by atoms with Gasteiger partial charge in [-0.05, 0) is 67.5 Å². The van der Waals surface area contributed by atoms with Gasteiger partial charge in [0, 0.05) is 52.7 Å². The Morgan fingerprint density at radius 3 is 2.25 bits per heavy atom. The molecule has 6 heterocycles. The zero-order valence-corrected chi connectivity index (χ0v) is 32.8. The van der Waals surface area contributed by atoms with Crippen LogP contribution >= 0.6 is 0 Å². The van der Waals surface area contributed by atoms with Crippen LogP contribution in [0.25, 0.3) is 28.1 Å². The number of amides is 2. The highest BCUT2D eigenvalue weighted by Gasteiger charge is 2.43. The Kier molecular flexibility index (Phi) is 9.28. The molecule has 0 saturated carbocycles. The van der Waals surface area contributed by atoms with Crippen LogP contribution in [0.2, 0.25) is 0 Å². The highest BCUT2D eigenvalue weighted by atomic mass is 16.5. The number of benzene rings is 3. The topological polar surface area (TPSA) is 150 Å². The number of imidazole rings is 1. The molecule has 7 atom stereocenters. The number of hydrogen-bond donors (Lipinski definition) is 5. The van der Waals surface area contributed by atoms with Crippen molar-refractivity contribution in [3.05, 3.63) is 95.1 Å². The summed E-state index contributed by atoms with van der Waals surface area (Å²) in [7, 11) is 1.87. The summed E-state index contributed by atoms with van der Waals surface area (Å²) in [6.07, 6.45) is 5.53. The van der Waals surface area contributed by atoms with E-state index in [1.807, 2.05) is 54.7 Å². The van der Waals surface area contributed by atoms with Gasteiger partial charge in [0.15, 0.2) is 0 Å². The predicted molar refractivity (Wildman–Crippen MR) is 215 cm³/mol. The van der Waals surface area contributed by atoms with Crippen molar-refractivity contribution < 1.29 is 19.1 Å². The third-order valence-electron chi connectivity index (χ3n) is 12.3. The third-order valence-corrected chi connectivity index (χ3v) is 12.3. The minimum absolute atomic E-state index is 0.0343. The van der Waals surface area contributed by atoms with Crippen molar-refractivity contribution in [2.24, 2.45) is 23.5 Å². The number of nitrogens with two attached hydrogens (primary N) is 1. The predicted octanol–water partition coefficient (Wildman–Crippen LogP) is 5.44. The Labute approximate surface area is 328 Å². The molecule has 4 aromatic rings. The molecule has 3 aromatic carbocycles. The minimum Gasteiger partial charge on any atom is -0.488 e. The summed E-state index contributed by atoms with van der Waals surface area (Å²) in [6, 6.07) is 17.0. The van der Waals surface area contributed by atoms with Gasteiger partial charge in [-0.15, -0.1) is 0 Å². The van der Waals surface area contributed by atoms with Crippen molar-refractivity contribution in [1.29, 1.82) is 0 Å². The van der Waals surface area contributed by atoms with Gasteiger partial charge in [0.1, 0.15) is 42.7 Å². The second kappa shape index (κ2) is 14.3. The first-order valence-electron chi connectivity index (χ1n) is 20.0. The Bertz CT molecular complexity index is 2150. The molecule has 9 rings (SSSR count). The molecule has 1 aromatic heterocycles. The molecule has 0 aliphatic carbocycles. The molecule has 0 radical (unpaired) electrons. The zero-order chi connectivity index (χ0) is 38.8. The van der Waals surface area contributed by atoms with Gasteiger partial charge in [-0.2, -0.15) is 0 Å². The number of likely N-dealkylation sites (tertiary alicyclic amines) is 2. The van der Waals surface area contributed by atoms with E-state index < -0.39 is 6.04 Å². The first-order chi connectivity index (χ1) is 27.1. The maximum Gasteiger partial charge on any atom is 0.244 e. The lowest BCUT2D eigenvalue weighted by atomic mass is 9.87. The van der Waals surface area contributed by atoms with Crippen LogP contribution in [0.3, 0.4) is 0 Å². The molecule has 2 saturated heterocycles. The van der Waals surface area contributed by atoms with Crippen LogP contribution in [-0.4, -0.2) is 70.0 Å². The smallest absolute Gasteiger partial charge is 0.244 e. The standard InChI is InChI=1S/C44H52N8O4/c1-23(2)40(46-5)44(54)52-20-25(4)12-34(52)42-48-18-32(50-42)28-14-30-22-55-35-15-27(13-29-21-56-36(16-28)38(30)37(29)35)31-17-47-41(49-31)33-11-24(3)19-51(33)43(53)39(45)26-9-7-6-8-10-26/h6-10,13-18,23-25,33-34,39-40,42,46,48,50H,11-12,19-22,45H2,1-5H3,(H,47,49)/t24-,25-,33-,34-,39+,40-,42?/m0/s1. The number of H-pyrrole nitrogens is 1. The molecule has 2 fully saturated rings. The van der Waals surface area contributed by atoms with Crippen LogP contribution in [0.4, 0.5) is 0 Å². The Morgan fingerprint density at radius 1 is 0.893 bits per heavy atom. The highest BCUT2D eigenvalue weighted by Crippen LogP contribution is 2.50. The average Bonchev–Trinajstić information content (AvgIpc) is 4.03. The van der Waals surface area contributed by atoms with Gasteiger partial charge >= 0.3 is 0 Å². The number of carbonyl (C=O) groups excluding carboxylic acids is 2. The lowest BCUT2D eigenvalue weighted by molar-refractivity contribution is -0.136. The molecular formula is C44H52N8O4. The first-order valence-corrected chi connectivity index (χ1v) is 20.0. The lowest BCUT2D eigenvalue weighted by Gasteiger charge is -2.34. The van der Waals surface area contributed by atoms with E-state index in [9.17, 15) is 9.59 Å². The summed E-state index contributed by atoms with van der Waals surface area (Å²) in [4.78, 5) is 39.6. The van der Waals surface area contributed by atoms with E-state index in [-0.39, 0.29) is 42.0 Å². The molecule has 56 heavy (non-hydrogen) atoms. The Balaban J connectivity index is 0.935. The number of nitrogens with one attached hydrogen (secondary N) is 4. The second-order valence-electron chi connectivity index (χ2n) is 16.8. The number of nitrogens with zero attached hydrogens (tertiary/aromatic N) is 3. The molecule has 0 spiro atoms. The fourth-order valence-corrected chi connectivity index (χ4v) is 9.55. The molecule has 12 nitrogen and oxygen atoms in total. The summed E-state index contributed by atoms with van der Waals surface area (Å²) in [5, 5.41) is 10.5. The van der Waals surface area contributed by atoms with E-state index >= 15 is 0 Å². The van der Waals surface area contributed by atoms with Crippen LogP contribution in [0, 0.1) is 17.8 Å². The summed E-state index contributed by atoms with van der Waals surface area (Å²) in [5.41, 5.74) is 15.4. The van der Waals surface area contributed by atoms with E-state index in [2.05, 4.69) is 77.8 Å². The molecule has 12 heteroatoms. The second-order valence-corrected chi connectivity index (χ2v) is 16.8. The zero-order valence-electron chi connectivity index (χ0n) is 32.8. The van der Waals surface area contributed by atoms with E-state index in [1.165, 1.54) is 0 Å². The van der Waals surface area contributed by atoms with Crippen molar-refractivity contribution in [3.8, 4) is 33.9 Å². The van der Waals surface area contributed by atoms with Crippen LogP contribution in [0.5, 0.6) is 11.5 Å². The van der Waals surface area contributed by atoms with E-state index in [1.54, 1.807) is 0 Å². The van der Waals surface area contributed by atoms with Gasteiger partial charge in [0.25, 0.3) is 0 Å². The monoisotopic (exact) mass is 756 g/mol. The van der Waals surface area contributed by atoms with Gasteiger partial charge < -0.3 is 45.9 Å². The fourth-order valence-electron chi connectivity index (χ4n) is 9.55.